The van der Waals surface area contributed by atoms with Crippen molar-refractivity contribution < 1.29 is 22.4 Å². The molecule has 0 aliphatic carbocycles. The molecule has 0 radical (unpaired) electrons. The topological polar surface area (TPSA) is 41.1 Å². The van der Waals surface area contributed by atoms with Crippen LogP contribution in [0.2, 0.25) is 0 Å². The number of hydrogen-bond donors (Lipinski definition) is 2. The lowest BCUT2D eigenvalue weighted by atomic mass is 10.1. The van der Waals surface area contributed by atoms with Crippen molar-refractivity contribution in [3.63, 3.8) is 0 Å². The first-order chi connectivity index (χ1) is 8.85. The molecule has 0 spiro atoms. The maximum absolute atomic E-state index is 12.9. The molecule has 0 saturated carbocycles. The van der Waals surface area contributed by atoms with Gasteiger partial charge in [-0.05, 0) is 17.7 Å². The maximum Gasteiger partial charge on any atom is 0.262 e. The molecule has 1 unspecified atom stereocenters. The molecule has 1 aliphatic rings. The first-order valence-electron chi connectivity index (χ1n) is 5.70. The van der Waals surface area contributed by atoms with Gasteiger partial charge in [-0.25, -0.2) is 17.6 Å². The van der Waals surface area contributed by atoms with Gasteiger partial charge in [0.25, 0.3) is 5.92 Å². The average molecular weight is 276 g/mol. The molecule has 1 aliphatic heterocycles. The number of alkyl halides is 2. The van der Waals surface area contributed by atoms with Crippen LogP contribution in [0.4, 0.5) is 17.6 Å². The van der Waals surface area contributed by atoms with Gasteiger partial charge in [0.1, 0.15) is 11.6 Å². The number of halogens is 4. The highest BCUT2D eigenvalue weighted by Gasteiger charge is 2.42. The molecule has 3 nitrogen and oxygen atoms in total. The Bertz CT molecular complexity index is 472. The predicted octanol–water partition coefficient (Wildman–Crippen LogP) is 1.58. The molecular weight excluding hydrogens is 264 g/mol. The zero-order valence-corrected chi connectivity index (χ0v) is 9.85. The van der Waals surface area contributed by atoms with Gasteiger partial charge in [-0.2, -0.15) is 0 Å². The van der Waals surface area contributed by atoms with E-state index in [9.17, 15) is 22.4 Å². The van der Waals surface area contributed by atoms with Crippen LogP contribution >= 0.6 is 0 Å². The van der Waals surface area contributed by atoms with Gasteiger partial charge in [-0.3, -0.25) is 10.1 Å². The minimum atomic E-state index is -2.90. The molecule has 104 valence electrons. The number of carbonyl (C=O) groups is 1. The summed E-state index contributed by atoms with van der Waals surface area (Å²) >= 11 is 0. The second-order valence-electron chi connectivity index (χ2n) is 4.49. The summed E-state index contributed by atoms with van der Waals surface area (Å²) in [4.78, 5) is 11.6. The highest BCUT2D eigenvalue weighted by atomic mass is 19.3. The third kappa shape index (κ3) is 3.66. The van der Waals surface area contributed by atoms with Crippen LogP contribution in [0.3, 0.4) is 0 Å². The van der Waals surface area contributed by atoms with Crippen molar-refractivity contribution >= 4 is 5.91 Å². The Kier molecular flexibility index (Phi) is 3.75. The number of carbonyl (C=O) groups excluding carboxylic acids is 1. The molecule has 1 saturated heterocycles. The van der Waals surface area contributed by atoms with Gasteiger partial charge >= 0.3 is 0 Å². The molecule has 0 bridgehead atoms. The lowest BCUT2D eigenvalue weighted by Crippen LogP contribution is -2.40. The second kappa shape index (κ2) is 5.16. The van der Waals surface area contributed by atoms with Crippen LogP contribution in [0.5, 0.6) is 0 Å². The quantitative estimate of drug-likeness (QED) is 0.823. The SMILES string of the molecule is O=C(NCc1cc(F)cc(F)c1)C1CC(F)(F)CN1. The van der Waals surface area contributed by atoms with Crippen molar-refractivity contribution in [2.24, 2.45) is 0 Å². The Morgan fingerprint density at radius 3 is 2.47 bits per heavy atom. The minimum Gasteiger partial charge on any atom is -0.351 e. The van der Waals surface area contributed by atoms with Crippen LogP contribution in [0, 0.1) is 11.6 Å². The van der Waals surface area contributed by atoms with Crippen LogP contribution in [0.1, 0.15) is 12.0 Å². The summed E-state index contributed by atoms with van der Waals surface area (Å²) in [7, 11) is 0. The van der Waals surface area contributed by atoms with E-state index < -0.39 is 42.5 Å². The van der Waals surface area contributed by atoms with Gasteiger partial charge < -0.3 is 5.32 Å². The van der Waals surface area contributed by atoms with Crippen molar-refractivity contribution in [3.8, 4) is 0 Å². The second-order valence-corrected chi connectivity index (χ2v) is 4.49. The van der Waals surface area contributed by atoms with E-state index in [-0.39, 0.29) is 12.1 Å². The molecule has 1 fully saturated rings. The summed E-state index contributed by atoms with van der Waals surface area (Å²) in [5.41, 5.74) is 0.232. The van der Waals surface area contributed by atoms with E-state index >= 15 is 0 Å². The summed E-state index contributed by atoms with van der Waals surface area (Å²) < 4.78 is 51.5. The van der Waals surface area contributed by atoms with Gasteiger partial charge in [0.2, 0.25) is 5.91 Å². The summed E-state index contributed by atoms with van der Waals surface area (Å²) in [6.07, 6.45) is -0.573. The van der Waals surface area contributed by atoms with Crippen molar-refractivity contribution in [1.82, 2.24) is 10.6 Å². The number of amides is 1. The number of nitrogens with one attached hydrogen (secondary N) is 2. The third-order valence-electron chi connectivity index (χ3n) is 2.82. The van der Waals surface area contributed by atoms with E-state index in [0.717, 1.165) is 12.1 Å². The molecule has 2 rings (SSSR count). The Balaban J connectivity index is 1.90. The maximum atomic E-state index is 12.9. The van der Waals surface area contributed by atoms with E-state index in [4.69, 9.17) is 0 Å². The Morgan fingerprint density at radius 1 is 1.32 bits per heavy atom. The van der Waals surface area contributed by atoms with Crippen molar-refractivity contribution in [2.75, 3.05) is 6.54 Å². The van der Waals surface area contributed by atoms with E-state index in [1.165, 1.54) is 0 Å². The molecule has 1 heterocycles. The van der Waals surface area contributed by atoms with E-state index in [2.05, 4.69) is 10.6 Å². The standard InChI is InChI=1S/C12H12F4N2O/c13-8-1-7(2-9(14)3-8)5-17-11(19)10-4-12(15,16)6-18-10/h1-3,10,18H,4-6H2,(H,17,19). The molecular formula is C12H12F4N2O. The minimum absolute atomic E-state index is 0.114. The Morgan fingerprint density at radius 2 is 1.95 bits per heavy atom. The summed E-state index contributed by atoms with van der Waals surface area (Å²) in [6.45, 7) is -0.656. The van der Waals surface area contributed by atoms with Crippen LogP contribution in [-0.2, 0) is 11.3 Å². The first-order valence-corrected chi connectivity index (χ1v) is 5.70. The lowest BCUT2D eigenvalue weighted by molar-refractivity contribution is -0.123. The van der Waals surface area contributed by atoms with Crippen molar-refractivity contribution in [3.05, 3.63) is 35.4 Å². The van der Waals surface area contributed by atoms with E-state index in [0.29, 0.717) is 6.07 Å². The fourth-order valence-corrected chi connectivity index (χ4v) is 1.93. The summed E-state index contributed by atoms with van der Waals surface area (Å²) in [5, 5.41) is 4.76. The van der Waals surface area contributed by atoms with Gasteiger partial charge in [0.05, 0.1) is 12.6 Å². The van der Waals surface area contributed by atoms with E-state index in [1.54, 1.807) is 0 Å². The predicted molar refractivity (Wildman–Crippen MR) is 59.6 cm³/mol. The van der Waals surface area contributed by atoms with Gasteiger partial charge in [-0.1, -0.05) is 0 Å². The monoisotopic (exact) mass is 276 g/mol. The fourth-order valence-electron chi connectivity index (χ4n) is 1.93. The highest BCUT2D eigenvalue weighted by molar-refractivity contribution is 5.82. The molecule has 2 N–H and O–H groups in total. The normalized spacial score (nSPS) is 21.4. The van der Waals surface area contributed by atoms with Gasteiger partial charge in [0, 0.05) is 19.0 Å². The van der Waals surface area contributed by atoms with Crippen molar-refractivity contribution in [2.45, 2.75) is 24.9 Å². The number of benzene rings is 1. The van der Waals surface area contributed by atoms with Crippen LogP contribution in [-0.4, -0.2) is 24.4 Å². The number of hydrogen-bond acceptors (Lipinski definition) is 2. The van der Waals surface area contributed by atoms with Gasteiger partial charge in [-0.15, -0.1) is 0 Å². The first kappa shape index (κ1) is 13.8. The molecule has 1 aromatic rings. The zero-order valence-electron chi connectivity index (χ0n) is 9.85. The molecule has 1 aromatic carbocycles. The zero-order chi connectivity index (χ0) is 14.0. The lowest BCUT2D eigenvalue weighted by Gasteiger charge is -2.11. The Labute approximate surface area is 107 Å². The van der Waals surface area contributed by atoms with Crippen LogP contribution in [0.25, 0.3) is 0 Å². The van der Waals surface area contributed by atoms with Crippen molar-refractivity contribution in [1.29, 1.82) is 0 Å². The molecule has 1 amide bonds. The van der Waals surface area contributed by atoms with E-state index in [1.807, 2.05) is 0 Å². The fraction of sp³-hybridized carbons (Fsp3) is 0.417. The third-order valence-corrected chi connectivity index (χ3v) is 2.82. The van der Waals surface area contributed by atoms with Crippen LogP contribution in [0.15, 0.2) is 18.2 Å². The molecule has 1 atom stereocenters. The summed E-state index contributed by atoms with van der Waals surface area (Å²) in [6, 6.07) is 1.87. The van der Waals surface area contributed by atoms with Crippen LogP contribution < -0.4 is 10.6 Å². The largest absolute Gasteiger partial charge is 0.351 e. The van der Waals surface area contributed by atoms with Gasteiger partial charge in [0.15, 0.2) is 0 Å². The summed E-state index contributed by atoms with van der Waals surface area (Å²) in [5.74, 6) is -5.01. The molecule has 7 heteroatoms. The Hall–Kier alpha value is -1.63. The number of rotatable bonds is 3. The average Bonchev–Trinajstić information content (AvgIpc) is 2.65. The highest BCUT2D eigenvalue weighted by Crippen LogP contribution is 2.25. The molecule has 0 aromatic heterocycles. The molecule has 19 heavy (non-hydrogen) atoms. The smallest absolute Gasteiger partial charge is 0.262 e.